The molecule has 0 atom stereocenters. The predicted octanol–water partition coefficient (Wildman–Crippen LogP) is 4.02. The maximum atomic E-state index is 13.4. The Labute approximate surface area is 157 Å². The smallest absolute Gasteiger partial charge is 0.243 e. The Bertz CT molecular complexity index is 958. The van der Waals surface area contributed by atoms with Crippen molar-refractivity contribution in [2.75, 3.05) is 6.54 Å². The van der Waals surface area contributed by atoms with E-state index >= 15 is 0 Å². The average molecular weight is 391 g/mol. The molecule has 0 N–H and O–H groups in total. The molecule has 0 bridgehead atoms. The third-order valence-corrected chi connectivity index (χ3v) is 6.97. The molecule has 0 saturated carbocycles. The zero-order valence-electron chi connectivity index (χ0n) is 14.3. The number of hydrogen-bond acceptors (Lipinski definition) is 4. The van der Waals surface area contributed by atoms with E-state index in [0.29, 0.717) is 18.5 Å². The Morgan fingerprint density at radius 2 is 2.04 bits per heavy atom. The average Bonchev–Trinajstić information content (AvgIpc) is 3.12. The summed E-state index contributed by atoms with van der Waals surface area (Å²) in [6.07, 6.45) is 3.93. The third-order valence-electron chi connectivity index (χ3n) is 4.02. The van der Waals surface area contributed by atoms with Crippen molar-refractivity contribution in [2.45, 2.75) is 24.8 Å². The van der Waals surface area contributed by atoms with Crippen LogP contribution in [0.1, 0.15) is 16.0 Å². The highest BCUT2D eigenvalue weighted by molar-refractivity contribution is 7.89. The molecule has 4 nitrogen and oxygen atoms in total. The number of thiophene rings is 1. The third kappa shape index (κ3) is 4.35. The second-order valence-corrected chi connectivity index (χ2v) is 8.88. The lowest BCUT2D eigenvalue weighted by atomic mass is 10.2. The number of sulfonamides is 1. The van der Waals surface area contributed by atoms with Crippen LogP contribution in [-0.4, -0.2) is 24.3 Å². The number of rotatable bonds is 7. The molecule has 3 rings (SSSR count). The van der Waals surface area contributed by atoms with Gasteiger partial charge in [0.15, 0.2) is 0 Å². The van der Waals surface area contributed by atoms with E-state index in [1.807, 2.05) is 23.6 Å². The zero-order valence-corrected chi connectivity index (χ0v) is 15.9. The van der Waals surface area contributed by atoms with Gasteiger partial charge in [-0.1, -0.05) is 12.1 Å². The monoisotopic (exact) mass is 390 g/mol. The first-order valence-corrected chi connectivity index (χ1v) is 10.5. The molecule has 3 aromatic rings. The zero-order chi connectivity index (χ0) is 18.6. The van der Waals surface area contributed by atoms with Crippen LogP contribution in [0.2, 0.25) is 0 Å². The minimum absolute atomic E-state index is 0.133. The van der Waals surface area contributed by atoms with Crippen LogP contribution in [0.4, 0.5) is 4.39 Å². The van der Waals surface area contributed by atoms with Gasteiger partial charge >= 0.3 is 0 Å². The van der Waals surface area contributed by atoms with Crippen molar-refractivity contribution in [3.05, 3.63) is 82.1 Å². The Morgan fingerprint density at radius 3 is 2.69 bits per heavy atom. The summed E-state index contributed by atoms with van der Waals surface area (Å²) < 4.78 is 41.3. The molecule has 2 aromatic heterocycles. The molecule has 0 fully saturated rings. The Hall–Kier alpha value is -2.09. The van der Waals surface area contributed by atoms with Crippen molar-refractivity contribution in [1.29, 1.82) is 0 Å². The summed E-state index contributed by atoms with van der Waals surface area (Å²) in [6, 6.07) is 11.3. The van der Waals surface area contributed by atoms with Crippen molar-refractivity contribution >= 4 is 21.4 Å². The van der Waals surface area contributed by atoms with Gasteiger partial charge in [-0.3, -0.25) is 4.98 Å². The lowest BCUT2D eigenvalue weighted by Gasteiger charge is -2.23. The van der Waals surface area contributed by atoms with Gasteiger partial charge in [-0.15, -0.1) is 11.3 Å². The van der Waals surface area contributed by atoms with E-state index in [1.54, 1.807) is 36.7 Å². The summed E-state index contributed by atoms with van der Waals surface area (Å²) >= 11 is 1.60. The fourth-order valence-electron chi connectivity index (χ4n) is 2.71. The van der Waals surface area contributed by atoms with Crippen molar-refractivity contribution in [2.24, 2.45) is 0 Å². The lowest BCUT2D eigenvalue weighted by molar-refractivity contribution is 0.409. The SMILES string of the molecule is Cc1cc(F)ccc1S(=O)(=O)N(CCc1cccs1)Cc1cccnc1. The van der Waals surface area contributed by atoms with Crippen molar-refractivity contribution in [1.82, 2.24) is 9.29 Å². The van der Waals surface area contributed by atoms with E-state index in [-0.39, 0.29) is 11.4 Å². The first-order valence-electron chi connectivity index (χ1n) is 8.14. The molecule has 0 aliphatic rings. The molecule has 0 aliphatic heterocycles. The molecule has 0 aliphatic carbocycles. The second kappa shape index (κ2) is 8.07. The molecule has 7 heteroatoms. The number of benzene rings is 1. The quantitative estimate of drug-likeness (QED) is 0.612. The van der Waals surface area contributed by atoms with E-state index in [1.165, 1.54) is 22.5 Å². The lowest BCUT2D eigenvalue weighted by Crippen LogP contribution is -2.33. The Kier molecular flexibility index (Phi) is 5.80. The summed E-state index contributed by atoms with van der Waals surface area (Å²) in [5.74, 6) is -0.446. The number of halogens is 1. The highest BCUT2D eigenvalue weighted by Crippen LogP contribution is 2.23. The molecule has 0 amide bonds. The van der Waals surface area contributed by atoms with Gasteiger partial charge in [0.1, 0.15) is 5.82 Å². The molecule has 0 unspecified atom stereocenters. The largest absolute Gasteiger partial charge is 0.264 e. The van der Waals surface area contributed by atoms with Crippen LogP contribution in [0.25, 0.3) is 0 Å². The molecule has 26 heavy (non-hydrogen) atoms. The molecule has 2 heterocycles. The van der Waals surface area contributed by atoms with Crippen LogP contribution in [0, 0.1) is 12.7 Å². The second-order valence-electron chi connectivity index (χ2n) is 5.94. The molecule has 0 saturated heterocycles. The Morgan fingerprint density at radius 1 is 1.19 bits per heavy atom. The van der Waals surface area contributed by atoms with Crippen LogP contribution < -0.4 is 0 Å². The minimum atomic E-state index is -3.76. The van der Waals surface area contributed by atoms with E-state index in [0.717, 1.165) is 10.4 Å². The van der Waals surface area contributed by atoms with Crippen molar-refractivity contribution in [3.63, 3.8) is 0 Å². The van der Waals surface area contributed by atoms with Crippen LogP contribution in [0.3, 0.4) is 0 Å². The first kappa shape index (κ1) is 18.7. The van der Waals surface area contributed by atoms with Gasteiger partial charge in [0.25, 0.3) is 0 Å². The number of hydrogen-bond donors (Lipinski definition) is 0. The molecule has 0 spiro atoms. The topological polar surface area (TPSA) is 50.3 Å². The number of pyridine rings is 1. The predicted molar refractivity (Wildman–Crippen MR) is 101 cm³/mol. The summed E-state index contributed by atoms with van der Waals surface area (Å²) in [5.41, 5.74) is 1.21. The van der Waals surface area contributed by atoms with Crippen molar-refractivity contribution < 1.29 is 12.8 Å². The molecule has 0 radical (unpaired) electrons. The highest BCUT2D eigenvalue weighted by Gasteiger charge is 2.26. The van der Waals surface area contributed by atoms with Crippen molar-refractivity contribution in [3.8, 4) is 0 Å². The molecule has 136 valence electrons. The van der Waals surface area contributed by atoms with Gasteiger partial charge in [0.2, 0.25) is 10.0 Å². The minimum Gasteiger partial charge on any atom is -0.264 e. The molecular weight excluding hydrogens is 371 g/mol. The maximum absolute atomic E-state index is 13.4. The molecule has 1 aromatic carbocycles. The van der Waals surface area contributed by atoms with Gasteiger partial charge in [-0.2, -0.15) is 4.31 Å². The van der Waals surface area contributed by atoms with Crippen LogP contribution >= 0.6 is 11.3 Å². The van der Waals surface area contributed by atoms with E-state index < -0.39 is 15.8 Å². The van der Waals surface area contributed by atoms with E-state index in [2.05, 4.69) is 4.98 Å². The number of aryl methyl sites for hydroxylation is 1. The highest BCUT2D eigenvalue weighted by atomic mass is 32.2. The standard InChI is InChI=1S/C19H19FN2O2S2/c1-15-12-17(20)6-7-19(15)26(23,24)22(10-8-18-5-3-11-25-18)14-16-4-2-9-21-13-16/h2-7,9,11-13H,8,10,14H2,1H3. The summed E-state index contributed by atoms with van der Waals surface area (Å²) in [6.45, 7) is 2.17. The Balaban J connectivity index is 1.92. The fourth-order valence-corrected chi connectivity index (χ4v) is 5.04. The van der Waals surface area contributed by atoms with Gasteiger partial charge in [0.05, 0.1) is 4.90 Å². The van der Waals surface area contributed by atoms with Crippen LogP contribution in [0.5, 0.6) is 0 Å². The van der Waals surface area contributed by atoms with Gasteiger partial charge in [-0.25, -0.2) is 12.8 Å². The van der Waals surface area contributed by atoms with E-state index in [9.17, 15) is 12.8 Å². The van der Waals surface area contributed by atoms with Gasteiger partial charge in [-0.05, 0) is 60.2 Å². The maximum Gasteiger partial charge on any atom is 0.243 e. The summed E-state index contributed by atoms with van der Waals surface area (Å²) in [7, 11) is -3.76. The number of aromatic nitrogens is 1. The fraction of sp³-hybridized carbons (Fsp3) is 0.211. The van der Waals surface area contributed by atoms with E-state index in [4.69, 9.17) is 0 Å². The van der Waals surface area contributed by atoms with Gasteiger partial charge in [0, 0.05) is 30.4 Å². The first-order chi connectivity index (χ1) is 12.5. The normalized spacial score (nSPS) is 11.8. The number of nitrogens with zero attached hydrogens (tertiary/aromatic N) is 2. The van der Waals surface area contributed by atoms with Crippen LogP contribution in [-0.2, 0) is 23.0 Å². The molecular formula is C19H19FN2O2S2. The summed E-state index contributed by atoms with van der Waals surface area (Å²) in [5, 5.41) is 1.97. The summed E-state index contributed by atoms with van der Waals surface area (Å²) in [4.78, 5) is 5.31. The van der Waals surface area contributed by atoms with Gasteiger partial charge < -0.3 is 0 Å². The van der Waals surface area contributed by atoms with Crippen LogP contribution in [0.15, 0.2) is 65.1 Å².